The Morgan fingerprint density at radius 3 is 2.65 bits per heavy atom. The van der Waals surface area contributed by atoms with Gasteiger partial charge < -0.3 is 10.4 Å². The lowest BCUT2D eigenvalue weighted by atomic mass is 10.0. The van der Waals surface area contributed by atoms with E-state index in [0.29, 0.717) is 18.5 Å². The molecule has 1 unspecified atom stereocenters. The molecule has 0 saturated carbocycles. The summed E-state index contributed by atoms with van der Waals surface area (Å²) in [6, 6.07) is 6.18. The quantitative estimate of drug-likeness (QED) is 0.587. The fraction of sp³-hybridized carbons (Fsp3) is 0.500. The molecule has 0 spiro atoms. The van der Waals surface area contributed by atoms with E-state index in [9.17, 15) is 20.0 Å². The van der Waals surface area contributed by atoms with E-state index >= 15 is 0 Å². The molecule has 0 radical (unpaired) electrons. The lowest BCUT2D eigenvalue weighted by Crippen LogP contribution is -2.29. The number of aliphatic hydroxyl groups excluding tert-OH is 1. The minimum atomic E-state index is -0.495. The van der Waals surface area contributed by atoms with Crippen LogP contribution in [-0.4, -0.2) is 28.6 Å². The van der Waals surface area contributed by atoms with Gasteiger partial charge in [-0.1, -0.05) is 32.0 Å². The Hall–Kier alpha value is -1.95. The fourth-order valence-corrected chi connectivity index (χ4v) is 1.77. The molecule has 1 aromatic carbocycles. The van der Waals surface area contributed by atoms with E-state index in [1.165, 1.54) is 6.07 Å². The molecule has 1 atom stereocenters. The van der Waals surface area contributed by atoms with Gasteiger partial charge in [-0.2, -0.15) is 0 Å². The van der Waals surface area contributed by atoms with Crippen LogP contribution in [0, 0.1) is 16.0 Å². The summed E-state index contributed by atoms with van der Waals surface area (Å²) in [6.07, 6.45) is -0.0174. The van der Waals surface area contributed by atoms with E-state index in [-0.39, 0.29) is 23.9 Å². The smallest absolute Gasteiger partial charge is 0.273 e. The summed E-state index contributed by atoms with van der Waals surface area (Å²) in [4.78, 5) is 22.1. The summed E-state index contributed by atoms with van der Waals surface area (Å²) in [5.41, 5.74) is 0.337. The average Bonchev–Trinajstić information content (AvgIpc) is 2.38. The predicted octanol–water partition coefficient (Wildman–Crippen LogP) is 1.66. The van der Waals surface area contributed by atoms with Crippen LogP contribution in [0.5, 0.6) is 0 Å². The molecule has 6 nitrogen and oxygen atoms in total. The number of nitrogens with one attached hydrogen (secondary N) is 1. The second-order valence-electron chi connectivity index (χ2n) is 5.01. The molecule has 1 rings (SSSR count). The minimum absolute atomic E-state index is 0.0328. The van der Waals surface area contributed by atoms with Crippen LogP contribution in [0.2, 0.25) is 0 Å². The van der Waals surface area contributed by atoms with Gasteiger partial charge >= 0.3 is 0 Å². The second kappa shape index (κ2) is 7.59. The van der Waals surface area contributed by atoms with E-state index in [4.69, 9.17) is 0 Å². The molecule has 1 aromatic rings. The maximum atomic E-state index is 11.7. The zero-order valence-corrected chi connectivity index (χ0v) is 11.7. The summed E-state index contributed by atoms with van der Waals surface area (Å²) in [7, 11) is 0. The Labute approximate surface area is 118 Å². The number of benzene rings is 1. The van der Waals surface area contributed by atoms with Gasteiger partial charge in [0, 0.05) is 18.2 Å². The molecule has 0 aliphatic carbocycles. The van der Waals surface area contributed by atoms with Crippen molar-refractivity contribution in [3.05, 3.63) is 39.9 Å². The highest BCUT2D eigenvalue weighted by molar-refractivity contribution is 5.79. The largest absolute Gasteiger partial charge is 0.393 e. The molecule has 2 N–H and O–H groups in total. The lowest BCUT2D eigenvalue weighted by Gasteiger charge is -2.14. The molecule has 0 aromatic heterocycles. The van der Waals surface area contributed by atoms with Crippen LogP contribution in [0.1, 0.15) is 25.8 Å². The number of hydrogen-bond donors (Lipinski definition) is 2. The molecule has 0 bridgehead atoms. The van der Waals surface area contributed by atoms with Gasteiger partial charge in [0.25, 0.3) is 5.69 Å². The molecule has 0 aliphatic rings. The van der Waals surface area contributed by atoms with Gasteiger partial charge in [-0.25, -0.2) is 0 Å². The number of rotatable bonds is 7. The number of nitro groups is 1. The first-order chi connectivity index (χ1) is 9.41. The zero-order chi connectivity index (χ0) is 15.1. The van der Waals surface area contributed by atoms with Gasteiger partial charge in [0.2, 0.25) is 5.91 Å². The van der Waals surface area contributed by atoms with Crippen molar-refractivity contribution in [1.82, 2.24) is 5.32 Å². The van der Waals surface area contributed by atoms with Crippen molar-refractivity contribution in [2.24, 2.45) is 5.92 Å². The van der Waals surface area contributed by atoms with Crippen LogP contribution < -0.4 is 5.32 Å². The Morgan fingerprint density at radius 2 is 2.05 bits per heavy atom. The van der Waals surface area contributed by atoms with Crippen LogP contribution in [0.25, 0.3) is 0 Å². The van der Waals surface area contributed by atoms with Crippen LogP contribution in [0.4, 0.5) is 5.69 Å². The third-order valence-corrected chi connectivity index (χ3v) is 3.07. The van der Waals surface area contributed by atoms with Crippen molar-refractivity contribution in [3.63, 3.8) is 0 Å². The predicted molar refractivity (Wildman–Crippen MR) is 75.3 cm³/mol. The number of carbonyl (C=O) groups excluding carboxylic acids is 1. The number of carbonyl (C=O) groups is 1. The Bertz CT molecular complexity index is 474. The number of amides is 1. The molecule has 0 saturated heterocycles. The summed E-state index contributed by atoms with van der Waals surface area (Å²) in [5.74, 6) is -0.141. The molecular weight excluding hydrogens is 260 g/mol. The normalized spacial score (nSPS) is 12.2. The highest BCUT2D eigenvalue weighted by atomic mass is 16.6. The summed E-state index contributed by atoms with van der Waals surface area (Å²) in [6.45, 7) is 4.17. The Kier molecular flexibility index (Phi) is 6.11. The molecule has 1 amide bonds. The van der Waals surface area contributed by atoms with Crippen molar-refractivity contribution in [3.8, 4) is 0 Å². The van der Waals surface area contributed by atoms with Crippen molar-refractivity contribution >= 4 is 11.6 Å². The van der Waals surface area contributed by atoms with Crippen molar-refractivity contribution < 1.29 is 14.8 Å². The van der Waals surface area contributed by atoms with Gasteiger partial charge in [-0.05, 0) is 12.3 Å². The Balaban J connectivity index is 2.49. The highest BCUT2D eigenvalue weighted by Gasteiger charge is 2.15. The SMILES string of the molecule is CC(C)C(O)CCNC(=O)Cc1ccccc1[N+](=O)[O-]. The molecule has 0 fully saturated rings. The molecule has 0 heterocycles. The van der Waals surface area contributed by atoms with E-state index in [2.05, 4.69) is 5.32 Å². The first-order valence-electron chi connectivity index (χ1n) is 6.59. The molecule has 6 heteroatoms. The van der Waals surface area contributed by atoms with E-state index in [0.717, 1.165) is 0 Å². The van der Waals surface area contributed by atoms with Crippen molar-refractivity contribution in [1.29, 1.82) is 0 Å². The fourth-order valence-electron chi connectivity index (χ4n) is 1.77. The van der Waals surface area contributed by atoms with Crippen LogP contribution >= 0.6 is 0 Å². The Morgan fingerprint density at radius 1 is 1.40 bits per heavy atom. The van der Waals surface area contributed by atoms with Gasteiger partial charge in [0.15, 0.2) is 0 Å². The number of nitro benzene ring substituents is 1. The minimum Gasteiger partial charge on any atom is -0.393 e. The summed E-state index contributed by atoms with van der Waals surface area (Å²) < 4.78 is 0. The highest BCUT2D eigenvalue weighted by Crippen LogP contribution is 2.17. The molecule has 20 heavy (non-hydrogen) atoms. The average molecular weight is 280 g/mol. The van der Waals surface area contributed by atoms with Crippen molar-refractivity contribution in [2.75, 3.05) is 6.54 Å². The number of para-hydroxylation sites is 1. The lowest BCUT2D eigenvalue weighted by molar-refractivity contribution is -0.385. The van der Waals surface area contributed by atoms with E-state index < -0.39 is 11.0 Å². The molecule has 0 aliphatic heterocycles. The number of nitrogens with zero attached hydrogens (tertiary/aromatic N) is 1. The van der Waals surface area contributed by atoms with Gasteiger partial charge in [0.05, 0.1) is 17.4 Å². The summed E-state index contributed by atoms with van der Waals surface area (Å²) >= 11 is 0. The molecular formula is C14H20N2O4. The third kappa shape index (κ3) is 4.97. The monoisotopic (exact) mass is 280 g/mol. The summed E-state index contributed by atoms with van der Waals surface area (Å²) in [5, 5.41) is 23.1. The third-order valence-electron chi connectivity index (χ3n) is 3.07. The number of aliphatic hydroxyl groups is 1. The van der Waals surface area contributed by atoms with E-state index in [1.54, 1.807) is 18.2 Å². The van der Waals surface area contributed by atoms with Gasteiger partial charge in [0.1, 0.15) is 0 Å². The van der Waals surface area contributed by atoms with Gasteiger partial charge in [-0.15, -0.1) is 0 Å². The number of hydrogen-bond acceptors (Lipinski definition) is 4. The maximum absolute atomic E-state index is 11.7. The van der Waals surface area contributed by atoms with Crippen LogP contribution in [0.15, 0.2) is 24.3 Å². The standard InChI is InChI=1S/C14H20N2O4/c1-10(2)13(17)7-8-15-14(18)9-11-5-3-4-6-12(11)16(19)20/h3-6,10,13,17H,7-9H2,1-2H3,(H,15,18). The maximum Gasteiger partial charge on any atom is 0.273 e. The zero-order valence-electron chi connectivity index (χ0n) is 11.7. The second-order valence-corrected chi connectivity index (χ2v) is 5.01. The topological polar surface area (TPSA) is 92.5 Å². The van der Waals surface area contributed by atoms with Crippen LogP contribution in [0.3, 0.4) is 0 Å². The molecule has 110 valence electrons. The van der Waals surface area contributed by atoms with Crippen LogP contribution in [-0.2, 0) is 11.2 Å². The van der Waals surface area contributed by atoms with Gasteiger partial charge in [-0.3, -0.25) is 14.9 Å². The first kappa shape index (κ1) is 16.1. The first-order valence-corrected chi connectivity index (χ1v) is 6.59. The van der Waals surface area contributed by atoms with E-state index in [1.807, 2.05) is 13.8 Å². The van der Waals surface area contributed by atoms with Crippen molar-refractivity contribution in [2.45, 2.75) is 32.8 Å².